The van der Waals surface area contributed by atoms with E-state index in [4.69, 9.17) is 5.11 Å². The van der Waals surface area contributed by atoms with E-state index in [9.17, 15) is 9.59 Å². The summed E-state index contributed by atoms with van der Waals surface area (Å²) in [7, 11) is 0. The van der Waals surface area contributed by atoms with Gasteiger partial charge in [-0.15, -0.1) is 0 Å². The number of piperidine rings is 1. The summed E-state index contributed by atoms with van der Waals surface area (Å²) in [6, 6.07) is 1.65. The number of hydrogen-bond acceptors (Lipinski definition) is 4. The molecule has 6 nitrogen and oxygen atoms in total. The first-order valence-electron chi connectivity index (χ1n) is 6.85. The lowest BCUT2D eigenvalue weighted by Gasteiger charge is -2.35. The lowest BCUT2D eigenvalue weighted by molar-refractivity contribution is -0.138. The van der Waals surface area contributed by atoms with Crippen molar-refractivity contribution in [2.45, 2.75) is 26.2 Å². The summed E-state index contributed by atoms with van der Waals surface area (Å²) in [6.07, 6.45) is 5.02. The van der Waals surface area contributed by atoms with Crippen LogP contribution in [0.15, 0.2) is 18.5 Å². The molecule has 20 heavy (non-hydrogen) atoms. The van der Waals surface area contributed by atoms with Gasteiger partial charge in [0.1, 0.15) is 0 Å². The van der Waals surface area contributed by atoms with E-state index < -0.39 is 5.97 Å². The van der Waals surface area contributed by atoms with Gasteiger partial charge in [-0.3, -0.25) is 9.59 Å². The van der Waals surface area contributed by atoms with Gasteiger partial charge in [0.15, 0.2) is 0 Å². The summed E-state index contributed by atoms with van der Waals surface area (Å²) in [4.78, 5) is 24.9. The Labute approximate surface area is 117 Å². The van der Waals surface area contributed by atoms with Crippen LogP contribution in [0, 0.1) is 11.8 Å². The molecule has 0 radical (unpaired) electrons. The number of carboxylic acids is 1. The van der Waals surface area contributed by atoms with Crippen LogP contribution in [0.4, 0.5) is 0 Å². The van der Waals surface area contributed by atoms with Crippen LogP contribution in [-0.4, -0.2) is 45.2 Å². The Hall–Kier alpha value is -1.98. The first kappa shape index (κ1) is 14.4. The highest BCUT2D eigenvalue weighted by Crippen LogP contribution is 2.26. The number of rotatable bonds is 4. The van der Waals surface area contributed by atoms with E-state index in [2.05, 4.69) is 10.2 Å². The zero-order valence-electron chi connectivity index (χ0n) is 11.5. The smallest absolute Gasteiger partial charge is 0.303 e. The first-order chi connectivity index (χ1) is 9.58. The second-order valence-electron chi connectivity index (χ2n) is 5.36. The number of carbonyl (C=O) groups excluding carboxylic acids is 1. The fraction of sp³-hybridized carbons (Fsp3) is 0.571. The van der Waals surface area contributed by atoms with Crippen LogP contribution in [0.5, 0.6) is 0 Å². The third-order valence-electron chi connectivity index (χ3n) is 3.88. The van der Waals surface area contributed by atoms with Crippen LogP contribution in [0.2, 0.25) is 0 Å². The molecular formula is C14H19N3O3. The molecular weight excluding hydrogens is 258 g/mol. The van der Waals surface area contributed by atoms with E-state index in [-0.39, 0.29) is 24.2 Å². The normalized spacial score (nSPS) is 20.4. The number of likely N-dealkylation sites (tertiary alicyclic amines) is 1. The van der Waals surface area contributed by atoms with Crippen LogP contribution in [0.25, 0.3) is 0 Å². The summed E-state index contributed by atoms with van der Waals surface area (Å²) >= 11 is 0. The van der Waals surface area contributed by atoms with Crippen molar-refractivity contribution in [3.05, 3.63) is 24.0 Å². The maximum absolute atomic E-state index is 12.3. The average Bonchev–Trinajstić information content (AvgIpc) is 2.47. The average molecular weight is 277 g/mol. The van der Waals surface area contributed by atoms with Crippen LogP contribution >= 0.6 is 0 Å². The molecule has 1 aromatic rings. The molecule has 1 aliphatic heterocycles. The highest BCUT2D eigenvalue weighted by Gasteiger charge is 2.28. The van der Waals surface area contributed by atoms with Gasteiger partial charge in [0.2, 0.25) is 0 Å². The number of aliphatic carboxylic acids is 1. The van der Waals surface area contributed by atoms with Crippen molar-refractivity contribution < 1.29 is 14.7 Å². The number of aromatic nitrogens is 2. The molecule has 108 valence electrons. The molecule has 1 amide bonds. The molecule has 1 aromatic heterocycles. The fourth-order valence-corrected chi connectivity index (χ4v) is 2.70. The molecule has 0 saturated carbocycles. The predicted molar refractivity (Wildman–Crippen MR) is 72.1 cm³/mol. The zero-order chi connectivity index (χ0) is 14.5. The SMILES string of the molecule is CC(CC(=O)O)C1CCCN(C(=O)c2ccnnc2)C1. The highest BCUT2D eigenvalue weighted by molar-refractivity contribution is 5.93. The van der Waals surface area contributed by atoms with Crippen molar-refractivity contribution in [3.63, 3.8) is 0 Å². The van der Waals surface area contributed by atoms with E-state index in [1.165, 1.54) is 12.4 Å². The van der Waals surface area contributed by atoms with Gasteiger partial charge in [-0.2, -0.15) is 10.2 Å². The van der Waals surface area contributed by atoms with Gasteiger partial charge in [0.05, 0.1) is 18.0 Å². The minimum absolute atomic E-state index is 0.0490. The van der Waals surface area contributed by atoms with E-state index in [0.29, 0.717) is 12.1 Å². The van der Waals surface area contributed by atoms with Crippen LogP contribution in [-0.2, 0) is 4.79 Å². The van der Waals surface area contributed by atoms with E-state index in [1.807, 2.05) is 6.92 Å². The molecule has 0 aliphatic carbocycles. The molecule has 0 aromatic carbocycles. The molecule has 2 heterocycles. The van der Waals surface area contributed by atoms with Crippen molar-refractivity contribution in [2.24, 2.45) is 11.8 Å². The summed E-state index contributed by atoms with van der Waals surface area (Å²) in [5.41, 5.74) is 0.534. The van der Waals surface area contributed by atoms with Gasteiger partial charge >= 0.3 is 5.97 Å². The second-order valence-corrected chi connectivity index (χ2v) is 5.36. The van der Waals surface area contributed by atoms with Gasteiger partial charge in [-0.05, 0) is 30.7 Å². The number of hydrogen-bond donors (Lipinski definition) is 1. The van der Waals surface area contributed by atoms with Gasteiger partial charge in [-0.25, -0.2) is 0 Å². The van der Waals surface area contributed by atoms with Crippen LogP contribution in [0.3, 0.4) is 0 Å². The molecule has 2 rings (SSSR count). The first-order valence-corrected chi connectivity index (χ1v) is 6.85. The van der Waals surface area contributed by atoms with Gasteiger partial charge in [-0.1, -0.05) is 6.92 Å². The molecule has 0 bridgehead atoms. The Morgan fingerprint density at radius 1 is 1.50 bits per heavy atom. The minimum Gasteiger partial charge on any atom is -0.481 e. The largest absolute Gasteiger partial charge is 0.481 e. The Kier molecular flexibility index (Phi) is 4.65. The van der Waals surface area contributed by atoms with Crippen molar-refractivity contribution in [1.82, 2.24) is 15.1 Å². The Morgan fingerprint density at radius 3 is 2.95 bits per heavy atom. The van der Waals surface area contributed by atoms with Crippen molar-refractivity contribution in [3.8, 4) is 0 Å². The Bertz CT molecular complexity index is 478. The third-order valence-corrected chi connectivity index (χ3v) is 3.88. The van der Waals surface area contributed by atoms with Gasteiger partial charge < -0.3 is 10.0 Å². The Morgan fingerprint density at radius 2 is 2.30 bits per heavy atom. The summed E-state index contributed by atoms with van der Waals surface area (Å²) in [5, 5.41) is 16.3. The van der Waals surface area contributed by atoms with Crippen molar-refractivity contribution >= 4 is 11.9 Å². The quantitative estimate of drug-likeness (QED) is 0.900. The number of amides is 1. The lowest BCUT2D eigenvalue weighted by atomic mass is 9.84. The molecule has 2 atom stereocenters. The Balaban J connectivity index is 2.00. The molecule has 1 N–H and O–H groups in total. The molecule has 0 spiro atoms. The van der Waals surface area contributed by atoms with E-state index in [1.54, 1.807) is 11.0 Å². The van der Waals surface area contributed by atoms with Gasteiger partial charge in [0.25, 0.3) is 5.91 Å². The lowest BCUT2D eigenvalue weighted by Crippen LogP contribution is -2.42. The minimum atomic E-state index is -0.778. The summed E-state index contributed by atoms with van der Waals surface area (Å²) in [5.74, 6) is -0.497. The number of nitrogens with zero attached hydrogens (tertiary/aromatic N) is 3. The maximum Gasteiger partial charge on any atom is 0.303 e. The van der Waals surface area contributed by atoms with Crippen molar-refractivity contribution in [2.75, 3.05) is 13.1 Å². The second kappa shape index (κ2) is 6.45. The third kappa shape index (κ3) is 3.53. The van der Waals surface area contributed by atoms with Crippen LogP contribution in [0.1, 0.15) is 36.5 Å². The molecule has 6 heteroatoms. The monoisotopic (exact) mass is 277 g/mol. The van der Waals surface area contributed by atoms with Crippen LogP contribution < -0.4 is 0 Å². The summed E-state index contributed by atoms with van der Waals surface area (Å²) < 4.78 is 0. The summed E-state index contributed by atoms with van der Waals surface area (Å²) in [6.45, 7) is 3.29. The van der Waals surface area contributed by atoms with Crippen molar-refractivity contribution in [1.29, 1.82) is 0 Å². The fourth-order valence-electron chi connectivity index (χ4n) is 2.70. The van der Waals surface area contributed by atoms with E-state index >= 15 is 0 Å². The maximum atomic E-state index is 12.3. The van der Waals surface area contributed by atoms with E-state index in [0.717, 1.165) is 19.4 Å². The zero-order valence-corrected chi connectivity index (χ0v) is 11.5. The number of carboxylic acid groups (broad SMARTS) is 1. The standard InChI is InChI=1S/C14H19N3O3/c1-10(7-13(18)19)12-3-2-6-17(9-12)14(20)11-4-5-15-16-8-11/h4-5,8,10,12H,2-3,6-7,9H2,1H3,(H,18,19). The molecule has 2 unspecified atom stereocenters. The highest BCUT2D eigenvalue weighted by atomic mass is 16.4. The van der Waals surface area contributed by atoms with Gasteiger partial charge in [0, 0.05) is 19.5 Å². The molecule has 1 aliphatic rings. The molecule has 1 saturated heterocycles. The predicted octanol–water partition coefficient (Wildman–Crippen LogP) is 1.44. The molecule has 1 fully saturated rings. The topological polar surface area (TPSA) is 83.4 Å². The number of carbonyl (C=O) groups is 2.